The van der Waals surface area contributed by atoms with Gasteiger partial charge in [-0.05, 0) is 31.5 Å². The van der Waals surface area contributed by atoms with E-state index in [1.54, 1.807) is 19.1 Å². The monoisotopic (exact) mass is 227 g/mol. The zero-order valence-corrected chi connectivity index (χ0v) is 9.51. The summed E-state index contributed by atoms with van der Waals surface area (Å²) in [6.45, 7) is 3.54. The van der Waals surface area contributed by atoms with Crippen molar-refractivity contribution in [3.8, 4) is 0 Å². The van der Waals surface area contributed by atoms with E-state index in [9.17, 15) is 4.79 Å². The van der Waals surface area contributed by atoms with Gasteiger partial charge in [-0.2, -0.15) is 0 Å². The molecule has 0 aliphatic carbocycles. The van der Waals surface area contributed by atoms with Gasteiger partial charge in [0.25, 0.3) is 5.91 Å². The van der Waals surface area contributed by atoms with Crippen molar-refractivity contribution in [1.29, 1.82) is 0 Å². The molecule has 0 saturated carbocycles. The normalized spacial score (nSPS) is 12.3. The largest absolute Gasteiger partial charge is 0.394 e. The first-order valence-electron chi connectivity index (χ1n) is 4.72. The lowest BCUT2D eigenvalue weighted by atomic mass is 10.1. The van der Waals surface area contributed by atoms with Crippen molar-refractivity contribution >= 4 is 17.5 Å². The zero-order valence-electron chi connectivity index (χ0n) is 8.75. The van der Waals surface area contributed by atoms with Crippen LogP contribution in [0.2, 0.25) is 5.02 Å². The van der Waals surface area contributed by atoms with Crippen LogP contribution in [0.25, 0.3) is 0 Å². The topological polar surface area (TPSA) is 49.3 Å². The van der Waals surface area contributed by atoms with E-state index in [4.69, 9.17) is 16.7 Å². The first-order chi connectivity index (χ1) is 7.04. The number of amides is 1. The van der Waals surface area contributed by atoms with Crippen LogP contribution < -0.4 is 5.32 Å². The highest BCUT2D eigenvalue weighted by Gasteiger charge is 2.12. The number of rotatable bonds is 3. The van der Waals surface area contributed by atoms with Crippen LogP contribution >= 0.6 is 11.6 Å². The number of carbonyl (C=O) groups is 1. The minimum atomic E-state index is -0.269. The van der Waals surface area contributed by atoms with Crippen LogP contribution in [0, 0.1) is 6.92 Å². The Bertz CT molecular complexity index is 366. The Morgan fingerprint density at radius 3 is 2.80 bits per heavy atom. The quantitative estimate of drug-likeness (QED) is 0.827. The summed E-state index contributed by atoms with van der Waals surface area (Å²) in [5.74, 6) is -0.262. The highest BCUT2D eigenvalue weighted by Crippen LogP contribution is 2.17. The van der Waals surface area contributed by atoms with Crippen LogP contribution in [0.4, 0.5) is 0 Å². The number of aliphatic hydroxyl groups is 1. The average Bonchev–Trinajstić information content (AvgIpc) is 2.17. The summed E-state index contributed by atoms with van der Waals surface area (Å²) in [7, 11) is 0. The number of hydrogen-bond acceptors (Lipinski definition) is 2. The van der Waals surface area contributed by atoms with Gasteiger partial charge in [-0.3, -0.25) is 4.79 Å². The van der Waals surface area contributed by atoms with Gasteiger partial charge in [0.15, 0.2) is 0 Å². The molecule has 1 amide bonds. The number of hydrogen-bond donors (Lipinski definition) is 2. The summed E-state index contributed by atoms with van der Waals surface area (Å²) in [5, 5.41) is 11.9. The Hall–Kier alpha value is -1.06. The molecule has 4 heteroatoms. The molecule has 0 radical (unpaired) electrons. The molecule has 1 aromatic rings. The summed E-state index contributed by atoms with van der Waals surface area (Å²) >= 11 is 5.93. The number of aliphatic hydroxyl groups excluding tert-OH is 1. The molecule has 0 bridgehead atoms. The first kappa shape index (κ1) is 12.0. The van der Waals surface area contributed by atoms with E-state index < -0.39 is 0 Å². The second-order valence-corrected chi connectivity index (χ2v) is 3.95. The fraction of sp³-hybridized carbons (Fsp3) is 0.364. The van der Waals surface area contributed by atoms with E-state index in [0.29, 0.717) is 10.6 Å². The van der Waals surface area contributed by atoms with Crippen molar-refractivity contribution in [2.24, 2.45) is 0 Å². The minimum Gasteiger partial charge on any atom is -0.394 e. The van der Waals surface area contributed by atoms with Gasteiger partial charge in [-0.25, -0.2) is 0 Å². The third kappa shape index (κ3) is 3.22. The van der Waals surface area contributed by atoms with Gasteiger partial charge in [0, 0.05) is 6.04 Å². The molecule has 0 aliphatic rings. The van der Waals surface area contributed by atoms with Crippen LogP contribution in [0.3, 0.4) is 0 Å². The molecular formula is C11H14ClNO2. The van der Waals surface area contributed by atoms with Crippen LogP contribution in [0.1, 0.15) is 22.8 Å². The van der Waals surface area contributed by atoms with Crippen LogP contribution in [0.15, 0.2) is 18.2 Å². The van der Waals surface area contributed by atoms with Crippen molar-refractivity contribution in [3.63, 3.8) is 0 Å². The third-order valence-electron chi connectivity index (χ3n) is 2.02. The lowest BCUT2D eigenvalue weighted by molar-refractivity contribution is 0.0922. The molecule has 1 atom stereocenters. The van der Waals surface area contributed by atoms with Gasteiger partial charge in [0.1, 0.15) is 0 Å². The van der Waals surface area contributed by atoms with E-state index in [1.807, 2.05) is 13.0 Å². The molecule has 2 N–H and O–H groups in total. The number of nitrogens with one attached hydrogen (secondary N) is 1. The molecule has 0 spiro atoms. The smallest absolute Gasteiger partial charge is 0.253 e. The van der Waals surface area contributed by atoms with E-state index in [0.717, 1.165) is 5.56 Å². The van der Waals surface area contributed by atoms with E-state index >= 15 is 0 Å². The van der Waals surface area contributed by atoms with Crippen molar-refractivity contribution in [2.75, 3.05) is 6.61 Å². The molecule has 0 unspecified atom stereocenters. The highest BCUT2D eigenvalue weighted by molar-refractivity contribution is 6.33. The Balaban J connectivity index is 2.82. The fourth-order valence-electron chi connectivity index (χ4n) is 1.15. The SMILES string of the molecule is Cc1ccc(C(=O)N[C@@H](C)CO)c(Cl)c1. The molecule has 15 heavy (non-hydrogen) atoms. The zero-order chi connectivity index (χ0) is 11.4. The van der Waals surface area contributed by atoms with Crippen molar-refractivity contribution < 1.29 is 9.90 Å². The molecule has 1 aromatic carbocycles. The molecule has 0 heterocycles. The molecule has 0 saturated heterocycles. The standard InChI is InChI=1S/C11H14ClNO2/c1-7-3-4-9(10(12)5-7)11(15)13-8(2)6-14/h3-5,8,14H,6H2,1-2H3,(H,13,15)/t8-/m0/s1. The first-order valence-corrected chi connectivity index (χ1v) is 5.10. The molecule has 1 rings (SSSR count). The van der Waals surface area contributed by atoms with Crippen LogP contribution in [0.5, 0.6) is 0 Å². The Morgan fingerprint density at radius 1 is 1.60 bits per heavy atom. The minimum absolute atomic E-state index is 0.0881. The van der Waals surface area contributed by atoms with Gasteiger partial charge < -0.3 is 10.4 Å². The number of carbonyl (C=O) groups excluding carboxylic acids is 1. The van der Waals surface area contributed by atoms with Crippen LogP contribution in [-0.2, 0) is 0 Å². The Morgan fingerprint density at radius 2 is 2.27 bits per heavy atom. The Kier molecular flexibility index (Phi) is 4.12. The summed E-state index contributed by atoms with van der Waals surface area (Å²) in [6.07, 6.45) is 0. The predicted octanol–water partition coefficient (Wildman–Crippen LogP) is 1.76. The number of aryl methyl sites for hydroxylation is 1. The van der Waals surface area contributed by atoms with Gasteiger partial charge in [0.2, 0.25) is 0 Å². The molecule has 82 valence electrons. The summed E-state index contributed by atoms with van der Waals surface area (Å²) in [5.41, 5.74) is 1.44. The van der Waals surface area contributed by atoms with Gasteiger partial charge in [-0.1, -0.05) is 17.7 Å². The molecule has 0 fully saturated rings. The molecule has 3 nitrogen and oxygen atoms in total. The van der Waals surface area contributed by atoms with E-state index in [1.165, 1.54) is 0 Å². The second kappa shape index (κ2) is 5.14. The maximum absolute atomic E-state index is 11.6. The van der Waals surface area contributed by atoms with Crippen molar-refractivity contribution in [2.45, 2.75) is 19.9 Å². The lowest BCUT2D eigenvalue weighted by Gasteiger charge is -2.11. The molecule has 0 aliphatic heterocycles. The lowest BCUT2D eigenvalue weighted by Crippen LogP contribution is -2.35. The highest BCUT2D eigenvalue weighted by atomic mass is 35.5. The fourth-order valence-corrected chi connectivity index (χ4v) is 1.47. The number of benzene rings is 1. The average molecular weight is 228 g/mol. The van der Waals surface area contributed by atoms with Crippen molar-refractivity contribution in [3.05, 3.63) is 34.3 Å². The maximum atomic E-state index is 11.6. The van der Waals surface area contributed by atoms with Gasteiger partial charge in [0.05, 0.1) is 17.2 Å². The van der Waals surface area contributed by atoms with Gasteiger partial charge >= 0.3 is 0 Å². The number of halogens is 1. The third-order valence-corrected chi connectivity index (χ3v) is 2.33. The Labute approximate surface area is 94.1 Å². The molecule has 0 aromatic heterocycles. The van der Waals surface area contributed by atoms with Crippen LogP contribution in [-0.4, -0.2) is 23.7 Å². The van der Waals surface area contributed by atoms with E-state index in [-0.39, 0.29) is 18.6 Å². The summed E-state index contributed by atoms with van der Waals surface area (Å²) in [4.78, 5) is 11.6. The summed E-state index contributed by atoms with van der Waals surface area (Å²) < 4.78 is 0. The predicted molar refractivity (Wildman–Crippen MR) is 60.2 cm³/mol. The molecular weight excluding hydrogens is 214 g/mol. The maximum Gasteiger partial charge on any atom is 0.253 e. The summed E-state index contributed by atoms with van der Waals surface area (Å²) in [6, 6.07) is 4.97. The van der Waals surface area contributed by atoms with Crippen molar-refractivity contribution in [1.82, 2.24) is 5.32 Å². The second-order valence-electron chi connectivity index (χ2n) is 3.54. The van der Waals surface area contributed by atoms with E-state index in [2.05, 4.69) is 5.32 Å². The van der Waals surface area contributed by atoms with Gasteiger partial charge in [-0.15, -0.1) is 0 Å².